The second-order valence-corrected chi connectivity index (χ2v) is 6.74. The topological polar surface area (TPSA) is 17.1 Å². The summed E-state index contributed by atoms with van der Waals surface area (Å²) in [5.74, 6) is 0.313. The van der Waals surface area contributed by atoms with Gasteiger partial charge in [0, 0.05) is 11.5 Å². The standard InChI is InChI=1S/C22H24O/c1-5-21-16(4)11-20(22(21)23)13-17-7-9-19(12-17)18-8-6-14(2)15(3)10-18/h6-10,13,21H,4-5,11-12H2,1-3H3/b20-13+. The van der Waals surface area contributed by atoms with E-state index in [-0.39, 0.29) is 11.7 Å². The number of allylic oxidation sites excluding steroid dienone is 7. The van der Waals surface area contributed by atoms with E-state index in [2.05, 4.69) is 63.8 Å². The third kappa shape index (κ3) is 3.01. The average molecular weight is 304 g/mol. The molecule has 0 aliphatic heterocycles. The van der Waals surface area contributed by atoms with Crippen LogP contribution in [0.2, 0.25) is 0 Å². The van der Waals surface area contributed by atoms with Crippen LogP contribution in [-0.2, 0) is 4.79 Å². The summed E-state index contributed by atoms with van der Waals surface area (Å²) in [6, 6.07) is 6.62. The number of Topliss-reactive ketones (excluding diaryl/α,β-unsaturated/α-hetero) is 1. The van der Waals surface area contributed by atoms with Crippen LogP contribution in [0.25, 0.3) is 5.57 Å². The summed E-state index contributed by atoms with van der Waals surface area (Å²) in [6.07, 6.45) is 8.93. The molecular formula is C22H24O. The molecule has 0 aromatic heterocycles. The number of carbonyl (C=O) groups is 1. The molecule has 1 aromatic carbocycles. The smallest absolute Gasteiger partial charge is 0.166 e. The van der Waals surface area contributed by atoms with Crippen molar-refractivity contribution >= 4 is 11.4 Å². The number of carbonyl (C=O) groups excluding carboxylic acids is 1. The normalized spacial score (nSPS) is 22.7. The SMILES string of the molecule is C=C1C/C(=C\C2=CC=C(c3ccc(C)c(C)c3)C2)C(=O)C1CC. The number of hydrogen-bond acceptors (Lipinski definition) is 1. The Hall–Kier alpha value is -2.15. The van der Waals surface area contributed by atoms with Crippen molar-refractivity contribution in [3.05, 3.63) is 76.4 Å². The first kappa shape index (κ1) is 15.7. The molecule has 1 fully saturated rings. The Morgan fingerprint density at radius 1 is 1.17 bits per heavy atom. The van der Waals surface area contributed by atoms with Gasteiger partial charge in [0.05, 0.1) is 0 Å². The lowest BCUT2D eigenvalue weighted by molar-refractivity contribution is -0.117. The first-order valence-electron chi connectivity index (χ1n) is 8.39. The molecule has 0 radical (unpaired) electrons. The van der Waals surface area contributed by atoms with E-state index in [9.17, 15) is 4.79 Å². The van der Waals surface area contributed by atoms with Crippen molar-refractivity contribution < 1.29 is 4.79 Å². The summed E-state index contributed by atoms with van der Waals surface area (Å²) in [5, 5.41) is 0. The van der Waals surface area contributed by atoms with Gasteiger partial charge in [0.1, 0.15) is 0 Å². The fraction of sp³-hybridized carbons (Fsp3) is 0.318. The average Bonchev–Trinajstić information content (AvgIpc) is 3.08. The van der Waals surface area contributed by atoms with Crippen molar-refractivity contribution in [3.63, 3.8) is 0 Å². The maximum absolute atomic E-state index is 12.4. The first-order chi connectivity index (χ1) is 11.0. The zero-order valence-electron chi connectivity index (χ0n) is 14.3. The number of ketones is 1. The maximum Gasteiger partial charge on any atom is 0.166 e. The molecule has 0 amide bonds. The zero-order valence-corrected chi connectivity index (χ0v) is 14.3. The molecule has 1 atom stereocenters. The molecule has 0 N–H and O–H groups in total. The zero-order chi connectivity index (χ0) is 16.6. The molecule has 2 aliphatic rings. The van der Waals surface area contributed by atoms with Gasteiger partial charge >= 0.3 is 0 Å². The summed E-state index contributed by atoms with van der Waals surface area (Å²) >= 11 is 0. The fourth-order valence-corrected chi connectivity index (χ4v) is 3.47. The Morgan fingerprint density at radius 2 is 1.96 bits per heavy atom. The second-order valence-electron chi connectivity index (χ2n) is 6.74. The molecule has 0 spiro atoms. The highest BCUT2D eigenvalue weighted by Gasteiger charge is 2.31. The minimum Gasteiger partial charge on any atom is -0.294 e. The lowest BCUT2D eigenvalue weighted by Crippen LogP contribution is -2.07. The van der Waals surface area contributed by atoms with Crippen molar-refractivity contribution in [2.45, 2.75) is 40.0 Å². The van der Waals surface area contributed by atoms with Crippen molar-refractivity contribution in [3.8, 4) is 0 Å². The monoisotopic (exact) mass is 304 g/mol. The van der Waals surface area contributed by atoms with Crippen LogP contribution in [0.1, 0.15) is 42.9 Å². The fourth-order valence-electron chi connectivity index (χ4n) is 3.47. The van der Waals surface area contributed by atoms with Crippen molar-refractivity contribution in [1.29, 1.82) is 0 Å². The first-order valence-corrected chi connectivity index (χ1v) is 8.39. The molecule has 1 aromatic rings. The van der Waals surface area contributed by atoms with Gasteiger partial charge in [0.15, 0.2) is 5.78 Å². The predicted molar refractivity (Wildman–Crippen MR) is 97.2 cm³/mol. The number of benzene rings is 1. The summed E-state index contributed by atoms with van der Waals surface area (Å²) in [6.45, 7) is 10.4. The lowest BCUT2D eigenvalue weighted by Gasteiger charge is -2.07. The predicted octanol–water partition coefficient (Wildman–Crippen LogP) is 5.50. The van der Waals surface area contributed by atoms with E-state index in [1.54, 1.807) is 0 Å². The summed E-state index contributed by atoms with van der Waals surface area (Å²) in [4.78, 5) is 12.4. The van der Waals surface area contributed by atoms with E-state index < -0.39 is 0 Å². The van der Waals surface area contributed by atoms with Gasteiger partial charge in [-0.25, -0.2) is 0 Å². The minimum absolute atomic E-state index is 0.0374. The molecule has 2 aliphatic carbocycles. The van der Waals surface area contributed by atoms with Gasteiger partial charge in [-0.15, -0.1) is 0 Å². The Morgan fingerprint density at radius 3 is 2.61 bits per heavy atom. The maximum atomic E-state index is 12.4. The third-order valence-electron chi connectivity index (χ3n) is 5.08. The Labute approximate surface area is 139 Å². The van der Waals surface area contributed by atoms with Gasteiger partial charge in [0.25, 0.3) is 0 Å². The van der Waals surface area contributed by atoms with Gasteiger partial charge in [0.2, 0.25) is 0 Å². The Balaban J connectivity index is 1.74. The van der Waals surface area contributed by atoms with Gasteiger partial charge < -0.3 is 0 Å². The van der Waals surface area contributed by atoms with E-state index in [0.717, 1.165) is 30.4 Å². The van der Waals surface area contributed by atoms with E-state index in [4.69, 9.17) is 0 Å². The molecule has 1 unspecified atom stereocenters. The number of hydrogen-bond donors (Lipinski definition) is 0. The van der Waals surface area contributed by atoms with Crippen LogP contribution in [0.4, 0.5) is 0 Å². The molecule has 1 heteroatoms. The van der Waals surface area contributed by atoms with E-state index in [1.807, 2.05) is 0 Å². The van der Waals surface area contributed by atoms with Gasteiger partial charge in [-0.3, -0.25) is 4.79 Å². The quantitative estimate of drug-likeness (QED) is 0.532. The van der Waals surface area contributed by atoms with Gasteiger partial charge in [-0.1, -0.05) is 55.5 Å². The van der Waals surface area contributed by atoms with Crippen LogP contribution >= 0.6 is 0 Å². The van der Waals surface area contributed by atoms with E-state index in [0.29, 0.717) is 0 Å². The Kier molecular flexibility index (Phi) is 4.21. The molecule has 0 saturated heterocycles. The third-order valence-corrected chi connectivity index (χ3v) is 5.08. The van der Waals surface area contributed by atoms with Crippen LogP contribution in [0.3, 0.4) is 0 Å². The largest absolute Gasteiger partial charge is 0.294 e. The molecule has 1 saturated carbocycles. The van der Waals surface area contributed by atoms with Gasteiger partial charge in [-0.2, -0.15) is 0 Å². The molecule has 0 heterocycles. The van der Waals surface area contributed by atoms with Crippen LogP contribution in [0, 0.1) is 19.8 Å². The number of aryl methyl sites for hydroxylation is 2. The summed E-state index contributed by atoms with van der Waals surface area (Å²) in [7, 11) is 0. The van der Waals surface area contributed by atoms with Crippen molar-refractivity contribution in [1.82, 2.24) is 0 Å². The van der Waals surface area contributed by atoms with E-state index >= 15 is 0 Å². The van der Waals surface area contributed by atoms with E-state index in [1.165, 1.54) is 27.8 Å². The molecular weight excluding hydrogens is 280 g/mol. The van der Waals surface area contributed by atoms with Crippen molar-refractivity contribution in [2.24, 2.45) is 5.92 Å². The van der Waals surface area contributed by atoms with Crippen molar-refractivity contribution in [2.75, 3.05) is 0 Å². The van der Waals surface area contributed by atoms with Crippen LogP contribution in [-0.4, -0.2) is 5.78 Å². The Bertz CT molecular complexity index is 771. The van der Waals surface area contributed by atoms with Crippen LogP contribution < -0.4 is 0 Å². The van der Waals surface area contributed by atoms with Crippen LogP contribution in [0.15, 0.2) is 59.7 Å². The highest BCUT2D eigenvalue weighted by Crippen LogP contribution is 2.36. The molecule has 23 heavy (non-hydrogen) atoms. The molecule has 1 nitrogen and oxygen atoms in total. The number of rotatable bonds is 3. The molecule has 118 valence electrons. The van der Waals surface area contributed by atoms with Crippen LogP contribution in [0.5, 0.6) is 0 Å². The summed E-state index contributed by atoms with van der Waals surface area (Å²) < 4.78 is 0. The van der Waals surface area contributed by atoms with Gasteiger partial charge in [-0.05, 0) is 60.9 Å². The highest BCUT2D eigenvalue weighted by atomic mass is 16.1. The molecule has 3 rings (SSSR count). The molecule has 0 bridgehead atoms. The second kappa shape index (κ2) is 6.16. The minimum atomic E-state index is 0.0374. The highest BCUT2D eigenvalue weighted by molar-refractivity contribution is 6.03. The summed E-state index contributed by atoms with van der Waals surface area (Å²) in [5.41, 5.74) is 8.49. The lowest BCUT2D eigenvalue weighted by atomic mass is 9.97.